The minimum absolute atomic E-state index is 0.125. The van der Waals surface area contributed by atoms with E-state index in [2.05, 4.69) is 0 Å². The van der Waals surface area contributed by atoms with E-state index in [0.29, 0.717) is 6.42 Å². The zero-order chi connectivity index (χ0) is 13.8. The summed E-state index contributed by atoms with van der Waals surface area (Å²) in [4.78, 5) is 13.1. The Kier molecular flexibility index (Phi) is 4.69. The van der Waals surface area contributed by atoms with Crippen LogP contribution in [0.5, 0.6) is 0 Å². The molecule has 0 atom stereocenters. The van der Waals surface area contributed by atoms with Crippen LogP contribution in [0, 0.1) is 0 Å². The molecule has 0 aliphatic rings. The Hall–Kier alpha value is -1.23. The Morgan fingerprint density at radius 1 is 1.26 bits per heavy atom. The van der Waals surface area contributed by atoms with Crippen LogP contribution in [-0.2, 0) is 11.2 Å². The number of nitrogen functional groups attached to an aromatic ring is 1. The average molecular weight is 316 g/mol. The van der Waals surface area contributed by atoms with Gasteiger partial charge in [0, 0.05) is 11.3 Å². The molecule has 0 bridgehead atoms. The number of carbonyl (C=O) groups is 1. The zero-order valence-electron chi connectivity index (χ0n) is 9.86. The first kappa shape index (κ1) is 14.2. The van der Waals surface area contributed by atoms with Crippen molar-refractivity contribution in [1.29, 1.82) is 0 Å². The molecule has 0 amide bonds. The first-order valence-electron chi connectivity index (χ1n) is 5.52. The molecule has 100 valence electrons. The second-order valence-electron chi connectivity index (χ2n) is 3.78. The fourth-order valence-electron chi connectivity index (χ4n) is 1.55. The number of halogens is 2. The molecule has 0 saturated heterocycles. The van der Waals surface area contributed by atoms with Gasteiger partial charge in [-0.3, -0.25) is 0 Å². The molecule has 1 heterocycles. The number of rotatable bonds is 4. The molecular formula is C13H11Cl2NO2S. The van der Waals surface area contributed by atoms with Crippen LogP contribution in [0.2, 0.25) is 10.0 Å². The van der Waals surface area contributed by atoms with Crippen molar-refractivity contribution < 1.29 is 9.53 Å². The summed E-state index contributed by atoms with van der Waals surface area (Å²) in [7, 11) is 0. The number of esters is 1. The molecule has 2 N–H and O–H groups in total. The third-order valence-corrected chi connectivity index (χ3v) is 4.09. The third kappa shape index (κ3) is 3.41. The summed E-state index contributed by atoms with van der Waals surface area (Å²) in [5, 5.41) is 2.50. The number of hydrogen-bond acceptors (Lipinski definition) is 4. The summed E-state index contributed by atoms with van der Waals surface area (Å²) in [6.07, 6.45) is 0.668. The molecule has 0 fully saturated rings. The lowest BCUT2D eigenvalue weighted by atomic mass is 10.2. The van der Waals surface area contributed by atoms with Crippen molar-refractivity contribution in [2.75, 3.05) is 12.3 Å². The Morgan fingerprint density at radius 2 is 2.00 bits per heavy atom. The maximum Gasteiger partial charge on any atom is 0.341 e. The van der Waals surface area contributed by atoms with Crippen LogP contribution in [0.25, 0.3) is 0 Å². The van der Waals surface area contributed by atoms with Gasteiger partial charge in [-0.05, 0) is 23.6 Å². The summed E-state index contributed by atoms with van der Waals surface area (Å²) in [6.45, 7) is 0.279. The van der Waals surface area contributed by atoms with Gasteiger partial charge in [0.1, 0.15) is 5.56 Å². The van der Waals surface area contributed by atoms with E-state index in [0.717, 1.165) is 4.88 Å². The second-order valence-corrected chi connectivity index (χ2v) is 5.63. The van der Waals surface area contributed by atoms with Crippen molar-refractivity contribution in [2.24, 2.45) is 0 Å². The van der Waals surface area contributed by atoms with Crippen molar-refractivity contribution in [3.05, 3.63) is 50.1 Å². The van der Waals surface area contributed by atoms with E-state index < -0.39 is 5.97 Å². The number of hydrogen-bond donors (Lipinski definition) is 1. The topological polar surface area (TPSA) is 52.3 Å². The molecule has 0 radical (unpaired) electrons. The van der Waals surface area contributed by atoms with Crippen molar-refractivity contribution in [2.45, 2.75) is 6.42 Å². The summed E-state index contributed by atoms with van der Waals surface area (Å²) in [5.41, 5.74) is 6.01. The van der Waals surface area contributed by atoms with Gasteiger partial charge in [0.2, 0.25) is 0 Å². The van der Waals surface area contributed by atoms with E-state index in [1.165, 1.54) is 6.07 Å². The molecule has 19 heavy (non-hydrogen) atoms. The quantitative estimate of drug-likeness (QED) is 0.684. The largest absolute Gasteiger partial charge is 0.462 e. The molecule has 6 heteroatoms. The fourth-order valence-corrected chi connectivity index (χ4v) is 2.64. The summed E-state index contributed by atoms with van der Waals surface area (Å²) < 4.78 is 5.16. The molecule has 0 saturated carbocycles. The molecule has 0 aliphatic heterocycles. The van der Waals surface area contributed by atoms with Crippen molar-refractivity contribution in [1.82, 2.24) is 0 Å². The predicted molar refractivity (Wildman–Crippen MR) is 79.2 cm³/mol. The summed E-state index contributed by atoms with van der Waals surface area (Å²) in [6, 6.07) is 7.00. The van der Waals surface area contributed by atoms with E-state index >= 15 is 0 Å². The van der Waals surface area contributed by atoms with Crippen LogP contribution in [0.1, 0.15) is 15.2 Å². The zero-order valence-corrected chi connectivity index (χ0v) is 12.2. The monoisotopic (exact) mass is 315 g/mol. The van der Waals surface area contributed by atoms with E-state index in [1.807, 2.05) is 17.5 Å². The molecule has 3 nitrogen and oxygen atoms in total. The Morgan fingerprint density at radius 3 is 2.68 bits per heavy atom. The van der Waals surface area contributed by atoms with E-state index in [9.17, 15) is 4.79 Å². The molecule has 1 aromatic carbocycles. The lowest BCUT2D eigenvalue weighted by molar-refractivity contribution is 0.0511. The van der Waals surface area contributed by atoms with E-state index in [4.69, 9.17) is 33.7 Å². The van der Waals surface area contributed by atoms with Crippen molar-refractivity contribution in [3.8, 4) is 0 Å². The van der Waals surface area contributed by atoms with Gasteiger partial charge < -0.3 is 10.5 Å². The maximum atomic E-state index is 11.9. The van der Waals surface area contributed by atoms with Gasteiger partial charge in [-0.1, -0.05) is 29.3 Å². The van der Waals surface area contributed by atoms with Gasteiger partial charge in [0.05, 0.1) is 22.3 Å². The normalized spacial score (nSPS) is 10.4. The minimum Gasteiger partial charge on any atom is -0.462 e. The first-order chi connectivity index (χ1) is 9.09. The van der Waals surface area contributed by atoms with Crippen LogP contribution in [0.15, 0.2) is 29.6 Å². The van der Waals surface area contributed by atoms with Gasteiger partial charge >= 0.3 is 5.97 Å². The average Bonchev–Trinajstić information content (AvgIpc) is 2.87. The lowest BCUT2D eigenvalue weighted by Crippen LogP contribution is -2.11. The number of carbonyl (C=O) groups excluding carboxylic acids is 1. The molecule has 2 aromatic rings. The molecule has 0 spiro atoms. The van der Waals surface area contributed by atoms with Crippen LogP contribution in [0.4, 0.5) is 5.69 Å². The SMILES string of the molecule is Nc1c(Cl)ccc(Cl)c1C(=O)OCCc1cccs1. The minimum atomic E-state index is -0.554. The van der Waals surface area contributed by atoms with Gasteiger partial charge in [-0.2, -0.15) is 0 Å². The highest BCUT2D eigenvalue weighted by molar-refractivity contribution is 7.09. The van der Waals surface area contributed by atoms with Crippen LogP contribution in [-0.4, -0.2) is 12.6 Å². The van der Waals surface area contributed by atoms with Crippen LogP contribution in [0.3, 0.4) is 0 Å². The highest BCUT2D eigenvalue weighted by atomic mass is 35.5. The summed E-state index contributed by atoms with van der Waals surface area (Å²) in [5.74, 6) is -0.554. The van der Waals surface area contributed by atoms with Crippen LogP contribution < -0.4 is 5.73 Å². The van der Waals surface area contributed by atoms with Crippen LogP contribution >= 0.6 is 34.5 Å². The first-order valence-corrected chi connectivity index (χ1v) is 7.16. The number of ether oxygens (including phenoxy) is 1. The van der Waals surface area contributed by atoms with Gasteiger partial charge in [-0.15, -0.1) is 11.3 Å². The number of thiophene rings is 1. The molecule has 0 aliphatic carbocycles. The predicted octanol–water partition coefficient (Wildman–Crippen LogP) is 4.04. The molecular weight excluding hydrogens is 305 g/mol. The summed E-state index contributed by atoms with van der Waals surface area (Å²) >= 11 is 13.4. The standard InChI is InChI=1S/C13H11Cl2NO2S/c14-9-3-4-10(15)12(16)11(9)13(17)18-6-5-8-2-1-7-19-8/h1-4,7H,5-6,16H2. The number of benzene rings is 1. The fraction of sp³-hybridized carbons (Fsp3) is 0.154. The van der Waals surface area contributed by atoms with Crippen molar-refractivity contribution >= 4 is 46.2 Å². The Labute approximate surface area is 124 Å². The van der Waals surface area contributed by atoms with E-state index in [1.54, 1.807) is 17.4 Å². The molecule has 0 unspecified atom stereocenters. The smallest absolute Gasteiger partial charge is 0.341 e. The second kappa shape index (κ2) is 6.28. The number of anilines is 1. The molecule has 2 rings (SSSR count). The lowest BCUT2D eigenvalue weighted by Gasteiger charge is -2.09. The highest BCUT2D eigenvalue weighted by Gasteiger charge is 2.17. The Bertz CT molecular complexity index is 585. The van der Waals surface area contributed by atoms with E-state index in [-0.39, 0.29) is 27.9 Å². The van der Waals surface area contributed by atoms with Gasteiger partial charge in [0.15, 0.2) is 0 Å². The maximum absolute atomic E-state index is 11.9. The van der Waals surface area contributed by atoms with Crippen molar-refractivity contribution in [3.63, 3.8) is 0 Å². The van der Waals surface area contributed by atoms with Gasteiger partial charge in [-0.25, -0.2) is 4.79 Å². The number of nitrogens with two attached hydrogens (primary N) is 1. The molecule has 1 aromatic heterocycles. The Balaban J connectivity index is 2.02. The highest BCUT2D eigenvalue weighted by Crippen LogP contribution is 2.29. The van der Waals surface area contributed by atoms with Gasteiger partial charge in [0.25, 0.3) is 0 Å². The third-order valence-electron chi connectivity index (χ3n) is 2.51.